The fourth-order valence-corrected chi connectivity index (χ4v) is 2.69. The van der Waals surface area contributed by atoms with Gasteiger partial charge in [0.05, 0.1) is 10.9 Å². The van der Waals surface area contributed by atoms with Gasteiger partial charge in [0.15, 0.2) is 5.69 Å². The second-order valence-electron chi connectivity index (χ2n) is 5.78. The van der Waals surface area contributed by atoms with Crippen molar-refractivity contribution in [2.24, 2.45) is 5.41 Å². The van der Waals surface area contributed by atoms with E-state index in [1.807, 2.05) is 24.3 Å². The Kier molecular flexibility index (Phi) is 3.16. The molecule has 1 saturated heterocycles. The van der Waals surface area contributed by atoms with Crippen molar-refractivity contribution in [1.82, 2.24) is 15.1 Å². The van der Waals surface area contributed by atoms with Crippen LogP contribution in [-0.2, 0) is 4.79 Å². The van der Waals surface area contributed by atoms with Gasteiger partial charge in [-0.05, 0) is 25.8 Å². The van der Waals surface area contributed by atoms with Crippen molar-refractivity contribution in [2.75, 3.05) is 13.1 Å². The molecule has 3 rings (SSSR count). The van der Waals surface area contributed by atoms with E-state index in [2.05, 4.69) is 10.2 Å². The quantitative estimate of drug-likeness (QED) is 0.883. The summed E-state index contributed by atoms with van der Waals surface area (Å²) in [7, 11) is 0. The molecule has 1 fully saturated rings. The normalized spacial score (nSPS) is 17.9. The summed E-state index contributed by atoms with van der Waals surface area (Å²) in [6.45, 7) is 2.63. The number of amides is 1. The molecule has 1 aliphatic heterocycles. The number of hydrogen-bond donors (Lipinski definition) is 2. The van der Waals surface area contributed by atoms with Crippen LogP contribution in [0.2, 0.25) is 0 Å². The number of fused-ring (bicyclic) bond motifs is 1. The van der Waals surface area contributed by atoms with Crippen LogP contribution in [0.5, 0.6) is 0 Å². The number of carbonyl (C=O) groups excluding carboxylic acids is 1. The van der Waals surface area contributed by atoms with Gasteiger partial charge in [-0.1, -0.05) is 18.2 Å². The highest BCUT2D eigenvalue weighted by Gasteiger charge is 2.38. The highest BCUT2D eigenvalue weighted by molar-refractivity contribution is 6.04. The maximum Gasteiger partial charge on any atom is 0.309 e. The Morgan fingerprint density at radius 1 is 1.29 bits per heavy atom. The minimum absolute atomic E-state index is 0.139. The summed E-state index contributed by atoms with van der Waals surface area (Å²) in [5.74, 6) is -0.931. The molecule has 1 aromatic heterocycles. The summed E-state index contributed by atoms with van der Waals surface area (Å²) in [5, 5.41) is 17.0. The number of carboxylic acid groups (broad SMARTS) is 1. The van der Waals surface area contributed by atoms with Crippen LogP contribution in [0, 0.1) is 5.41 Å². The first kappa shape index (κ1) is 13.6. The first-order valence-corrected chi connectivity index (χ1v) is 6.97. The molecule has 6 nitrogen and oxygen atoms in total. The van der Waals surface area contributed by atoms with Gasteiger partial charge in [0, 0.05) is 18.5 Å². The van der Waals surface area contributed by atoms with Gasteiger partial charge < -0.3 is 10.0 Å². The van der Waals surface area contributed by atoms with E-state index >= 15 is 0 Å². The molecule has 6 heteroatoms. The van der Waals surface area contributed by atoms with E-state index in [4.69, 9.17) is 0 Å². The number of likely N-dealkylation sites (tertiary alicyclic amines) is 1. The van der Waals surface area contributed by atoms with Crippen LogP contribution < -0.4 is 0 Å². The predicted molar refractivity (Wildman–Crippen MR) is 77.0 cm³/mol. The molecule has 2 heterocycles. The van der Waals surface area contributed by atoms with Gasteiger partial charge >= 0.3 is 5.97 Å². The molecule has 110 valence electrons. The lowest BCUT2D eigenvalue weighted by Gasteiger charge is -2.36. The lowest BCUT2D eigenvalue weighted by Crippen LogP contribution is -2.45. The zero-order valence-electron chi connectivity index (χ0n) is 11.8. The largest absolute Gasteiger partial charge is 0.481 e. The minimum Gasteiger partial charge on any atom is -0.481 e. The van der Waals surface area contributed by atoms with Gasteiger partial charge in [0.2, 0.25) is 0 Å². The third-order valence-corrected chi connectivity index (χ3v) is 4.34. The minimum atomic E-state index is -0.792. The zero-order chi connectivity index (χ0) is 15.0. The fraction of sp³-hybridized carbons (Fsp3) is 0.400. The molecule has 0 bridgehead atoms. The maximum absolute atomic E-state index is 12.6. The van der Waals surface area contributed by atoms with E-state index in [1.165, 1.54) is 0 Å². The summed E-state index contributed by atoms with van der Waals surface area (Å²) < 4.78 is 0. The molecule has 0 aliphatic carbocycles. The molecular weight excluding hydrogens is 270 g/mol. The van der Waals surface area contributed by atoms with Crippen molar-refractivity contribution >= 4 is 22.8 Å². The monoisotopic (exact) mass is 287 g/mol. The maximum atomic E-state index is 12.6. The summed E-state index contributed by atoms with van der Waals surface area (Å²) in [4.78, 5) is 25.5. The second-order valence-corrected chi connectivity index (χ2v) is 5.78. The summed E-state index contributed by atoms with van der Waals surface area (Å²) in [5.41, 5.74) is 0.502. The Labute approximate surface area is 121 Å². The number of piperidine rings is 1. The van der Waals surface area contributed by atoms with E-state index in [0.29, 0.717) is 31.6 Å². The standard InChI is InChI=1S/C15H17N3O3/c1-15(14(20)21)6-8-18(9-7-15)13(19)12-10-4-2-3-5-11(10)16-17-12/h2-5H,6-9H2,1H3,(H,16,17)(H,20,21). The Morgan fingerprint density at radius 3 is 2.62 bits per heavy atom. The molecular formula is C15H17N3O3. The lowest BCUT2D eigenvalue weighted by molar-refractivity contribution is -0.150. The topological polar surface area (TPSA) is 86.3 Å². The van der Waals surface area contributed by atoms with Gasteiger partial charge in [-0.25, -0.2) is 0 Å². The van der Waals surface area contributed by atoms with Gasteiger partial charge in [-0.3, -0.25) is 14.7 Å². The van der Waals surface area contributed by atoms with E-state index in [0.717, 1.165) is 10.9 Å². The van der Waals surface area contributed by atoms with Crippen LogP contribution in [0.4, 0.5) is 0 Å². The Balaban J connectivity index is 1.80. The molecule has 0 unspecified atom stereocenters. The van der Waals surface area contributed by atoms with Crippen LogP contribution in [0.25, 0.3) is 10.9 Å². The number of benzene rings is 1. The number of nitrogens with zero attached hydrogens (tertiary/aromatic N) is 2. The molecule has 1 aromatic carbocycles. The summed E-state index contributed by atoms with van der Waals surface area (Å²) in [6.07, 6.45) is 0.937. The SMILES string of the molecule is CC1(C(=O)O)CCN(C(=O)c2n[nH]c3ccccc23)CC1. The number of carboxylic acids is 1. The highest BCUT2D eigenvalue weighted by Crippen LogP contribution is 2.31. The van der Waals surface area contributed by atoms with E-state index in [9.17, 15) is 14.7 Å². The number of rotatable bonds is 2. The summed E-state index contributed by atoms with van der Waals surface area (Å²) in [6, 6.07) is 7.48. The van der Waals surface area contributed by atoms with Gasteiger partial charge in [0.1, 0.15) is 0 Å². The molecule has 2 aromatic rings. The van der Waals surface area contributed by atoms with Crippen molar-refractivity contribution in [3.8, 4) is 0 Å². The molecule has 2 N–H and O–H groups in total. The molecule has 0 atom stereocenters. The third-order valence-electron chi connectivity index (χ3n) is 4.34. The van der Waals surface area contributed by atoms with Crippen molar-refractivity contribution in [3.05, 3.63) is 30.0 Å². The van der Waals surface area contributed by atoms with Crippen molar-refractivity contribution in [1.29, 1.82) is 0 Å². The van der Waals surface area contributed by atoms with Crippen molar-refractivity contribution in [2.45, 2.75) is 19.8 Å². The van der Waals surface area contributed by atoms with E-state index in [-0.39, 0.29) is 5.91 Å². The number of para-hydroxylation sites is 1. The number of aromatic amines is 1. The number of H-pyrrole nitrogens is 1. The third kappa shape index (κ3) is 2.26. The predicted octanol–water partition coefficient (Wildman–Crippen LogP) is 1.89. The van der Waals surface area contributed by atoms with Gasteiger partial charge in [0.25, 0.3) is 5.91 Å². The molecule has 0 spiro atoms. The lowest BCUT2D eigenvalue weighted by atomic mass is 9.80. The highest BCUT2D eigenvalue weighted by atomic mass is 16.4. The van der Waals surface area contributed by atoms with Gasteiger partial charge in [-0.2, -0.15) is 5.10 Å². The average Bonchev–Trinajstić information content (AvgIpc) is 2.91. The number of aliphatic carboxylic acids is 1. The number of hydrogen-bond acceptors (Lipinski definition) is 3. The number of aromatic nitrogens is 2. The van der Waals surface area contributed by atoms with Crippen LogP contribution in [0.3, 0.4) is 0 Å². The smallest absolute Gasteiger partial charge is 0.309 e. The van der Waals surface area contributed by atoms with Crippen LogP contribution in [0.1, 0.15) is 30.3 Å². The number of carbonyl (C=O) groups is 2. The van der Waals surface area contributed by atoms with E-state index < -0.39 is 11.4 Å². The van der Waals surface area contributed by atoms with Crippen LogP contribution >= 0.6 is 0 Å². The Bertz CT molecular complexity index is 699. The molecule has 21 heavy (non-hydrogen) atoms. The Morgan fingerprint density at radius 2 is 1.95 bits per heavy atom. The number of nitrogens with one attached hydrogen (secondary N) is 1. The van der Waals surface area contributed by atoms with Crippen molar-refractivity contribution < 1.29 is 14.7 Å². The zero-order valence-corrected chi connectivity index (χ0v) is 11.8. The first-order chi connectivity index (χ1) is 10.0. The molecule has 1 amide bonds. The Hall–Kier alpha value is -2.37. The first-order valence-electron chi connectivity index (χ1n) is 6.97. The summed E-state index contributed by atoms with van der Waals surface area (Å²) >= 11 is 0. The second kappa shape index (κ2) is 4.87. The fourth-order valence-electron chi connectivity index (χ4n) is 2.69. The van der Waals surface area contributed by atoms with Crippen LogP contribution in [0.15, 0.2) is 24.3 Å². The average molecular weight is 287 g/mol. The van der Waals surface area contributed by atoms with Crippen LogP contribution in [-0.4, -0.2) is 45.2 Å². The molecule has 1 aliphatic rings. The van der Waals surface area contributed by atoms with Gasteiger partial charge in [-0.15, -0.1) is 0 Å². The van der Waals surface area contributed by atoms with E-state index in [1.54, 1.807) is 11.8 Å². The molecule has 0 radical (unpaired) electrons. The van der Waals surface area contributed by atoms with Crippen molar-refractivity contribution in [3.63, 3.8) is 0 Å². The molecule has 0 saturated carbocycles.